The van der Waals surface area contributed by atoms with Gasteiger partial charge in [-0.15, -0.1) is 0 Å². The molecule has 0 aliphatic carbocycles. The SMILES string of the molecule is CC/C=C\C/C=C\C/C=C\C/C=C\C/C=C\CCCCCCCCCCCCCCCCCCCCCC(=O)OCC(O)COP(=O)(O)OCC(O)COP(=O)(O)OCC(COC(=O)CCCCCCC/C=C\C/C=C\C/C=C\CC)OC(=O)CCCCCCC/C=C\CCCC. The van der Waals surface area contributed by atoms with Crippen molar-refractivity contribution in [2.75, 3.05) is 39.6 Å². The molecule has 16 nitrogen and oxygen atoms in total. The van der Waals surface area contributed by atoms with E-state index in [4.69, 9.17) is 32.3 Å². The summed E-state index contributed by atoms with van der Waals surface area (Å²) in [4.78, 5) is 58.3. The fourth-order valence-corrected chi connectivity index (χ4v) is 11.8. The smallest absolute Gasteiger partial charge is 0.463 e. The molecule has 0 saturated heterocycles. The number of unbranched alkanes of at least 4 members (excludes halogenated alkanes) is 31. The minimum Gasteiger partial charge on any atom is -0.463 e. The van der Waals surface area contributed by atoms with Crippen molar-refractivity contribution in [3.05, 3.63) is 109 Å². The van der Waals surface area contributed by atoms with Gasteiger partial charge in [0.15, 0.2) is 6.10 Å². The van der Waals surface area contributed by atoms with Gasteiger partial charge in [0.05, 0.1) is 26.4 Å². The van der Waals surface area contributed by atoms with Gasteiger partial charge in [0, 0.05) is 19.3 Å². The Kier molecular flexibility index (Phi) is 69.2. The summed E-state index contributed by atoms with van der Waals surface area (Å²) in [6.45, 7) is 2.39. The third kappa shape index (κ3) is 73.3. The molecule has 0 heterocycles. The van der Waals surface area contributed by atoms with Crippen LogP contribution >= 0.6 is 15.6 Å². The van der Waals surface area contributed by atoms with Crippen molar-refractivity contribution in [1.29, 1.82) is 0 Å². The van der Waals surface area contributed by atoms with Crippen molar-refractivity contribution >= 4 is 33.6 Å². The Labute approximate surface area is 590 Å². The van der Waals surface area contributed by atoms with E-state index in [0.717, 1.165) is 141 Å². The Hall–Kier alpha value is -3.79. The zero-order valence-electron chi connectivity index (χ0n) is 61.0. The van der Waals surface area contributed by atoms with Gasteiger partial charge in [-0.2, -0.15) is 0 Å². The van der Waals surface area contributed by atoms with Crippen LogP contribution in [0.2, 0.25) is 0 Å². The molecule has 0 aromatic rings. The van der Waals surface area contributed by atoms with Gasteiger partial charge < -0.3 is 34.2 Å². The highest BCUT2D eigenvalue weighted by atomic mass is 31.2. The summed E-state index contributed by atoms with van der Waals surface area (Å²) in [6.07, 6.45) is 83.3. The quantitative estimate of drug-likeness (QED) is 0.0146. The minimum atomic E-state index is -4.92. The lowest BCUT2D eigenvalue weighted by molar-refractivity contribution is -0.161. The average molecular weight is 1410 g/mol. The minimum absolute atomic E-state index is 0.0903. The molecule has 4 N–H and O–H groups in total. The van der Waals surface area contributed by atoms with Crippen LogP contribution in [-0.4, -0.2) is 95.9 Å². The number of rotatable bonds is 72. The van der Waals surface area contributed by atoms with Crippen LogP contribution in [-0.2, 0) is 55.8 Å². The van der Waals surface area contributed by atoms with E-state index >= 15 is 0 Å². The first-order valence-corrected chi connectivity index (χ1v) is 41.2. The Morgan fingerprint density at radius 3 is 0.876 bits per heavy atom. The number of ether oxygens (including phenoxy) is 3. The maximum atomic E-state index is 12.9. The summed E-state index contributed by atoms with van der Waals surface area (Å²) < 4.78 is 60.9. The molecule has 0 aliphatic rings. The van der Waals surface area contributed by atoms with Gasteiger partial charge in [-0.1, -0.05) is 291 Å². The number of allylic oxidation sites excluding steroid dienone is 18. The van der Waals surface area contributed by atoms with Crippen LogP contribution in [0.25, 0.3) is 0 Å². The molecule has 0 radical (unpaired) electrons. The van der Waals surface area contributed by atoms with Crippen LogP contribution < -0.4 is 0 Å². The van der Waals surface area contributed by atoms with E-state index in [0.29, 0.717) is 19.3 Å². The number of hydrogen-bond acceptors (Lipinski definition) is 14. The van der Waals surface area contributed by atoms with E-state index in [2.05, 4.69) is 130 Å². The Morgan fingerprint density at radius 1 is 0.299 bits per heavy atom. The van der Waals surface area contributed by atoms with Gasteiger partial charge in [0.25, 0.3) is 0 Å². The lowest BCUT2D eigenvalue weighted by atomic mass is 10.0. The maximum absolute atomic E-state index is 12.9. The van der Waals surface area contributed by atoms with Crippen LogP contribution in [0.15, 0.2) is 109 Å². The van der Waals surface area contributed by atoms with Crippen LogP contribution in [0, 0.1) is 0 Å². The molecular weight excluding hydrogens is 1270 g/mol. The number of carbonyl (C=O) groups excluding carboxylic acids is 3. The highest BCUT2D eigenvalue weighted by molar-refractivity contribution is 7.47. The molecule has 0 amide bonds. The monoisotopic (exact) mass is 1400 g/mol. The molecule has 97 heavy (non-hydrogen) atoms. The van der Waals surface area contributed by atoms with Crippen molar-refractivity contribution in [2.45, 2.75) is 334 Å². The molecule has 0 aromatic heterocycles. The summed E-state index contributed by atoms with van der Waals surface area (Å²) in [6, 6.07) is 0. The summed E-state index contributed by atoms with van der Waals surface area (Å²) >= 11 is 0. The number of aliphatic hydroxyl groups is 2. The lowest BCUT2D eigenvalue weighted by Crippen LogP contribution is -2.30. The van der Waals surface area contributed by atoms with E-state index < -0.39 is 91.5 Å². The molecule has 0 rings (SSSR count). The Balaban J connectivity index is 4.28. The fourth-order valence-electron chi connectivity index (χ4n) is 10.2. The number of esters is 3. The van der Waals surface area contributed by atoms with Gasteiger partial charge in [-0.05, 0) is 116 Å². The van der Waals surface area contributed by atoms with Crippen molar-refractivity contribution in [3.63, 3.8) is 0 Å². The number of carbonyl (C=O) groups is 3. The normalized spacial score (nSPS) is 14.7. The first kappa shape index (κ1) is 93.2. The van der Waals surface area contributed by atoms with Crippen LogP contribution in [0.4, 0.5) is 0 Å². The van der Waals surface area contributed by atoms with E-state index in [1.807, 2.05) is 0 Å². The van der Waals surface area contributed by atoms with Gasteiger partial charge in [-0.3, -0.25) is 32.5 Å². The van der Waals surface area contributed by atoms with Gasteiger partial charge in [-0.25, -0.2) is 9.13 Å². The van der Waals surface area contributed by atoms with Crippen molar-refractivity contribution in [1.82, 2.24) is 0 Å². The van der Waals surface area contributed by atoms with Crippen molar-refractivity contribution in [3.8, 4) is 0 Å². The molecule has 0 saturated carbocycles. The second-order valence-electron chi connectivity index (χ2n) is 25.4. The van der Waals surface area contributed by atoms with Crippen LogP contribution in [0.3, 0.4) is 0 Å². The summed E-state index contributed by atoms with van der Waals surface area (Å²) in [5.74, 6) is -1.60. The third-order valence-electron chi connectivity index (χ3n) is 16.0. The molecular formula is C79H138O16P2. The van der Waals surface area contributed by atoms with Crippen molar-refractivity contribution < 1.29 is 75.8 Å². The van der Waals surface area contributed by atoms with Gasteiger partial charge >= 0.3 is 33.6 Å². The van der Waals surface area contributed by atoms with E-state index in [-0.39, 0.29) is 19.3 Å². The molecule has 0 bridgehead atoms. The highest BCUT2D eigenvalue weighted by Crippen LogP contribution is 2.45. The van der Waals surface area contributed by atoms with Crippen LogP contribution in [0.1, 0.15) is 316 Å². The molecule has 0 spiro atoms. The molecule has 0 fully saturated rings. The van der Waals surface area contributed by atoms with E-state index in [1.165, 1.54) is 116 Å². The zero-order chi connectivity index (χ0) is 70.9. The molecule has 5 atom stereocenters. The Bertz CT molecular complexity index is 2200. The lowest BCUT2D eigenvalue weighted by Gasteiger charge is -2.21. The highest BCUT2D eigenvalue weighted by Gasteiger charge is 2.29. The largest absolute Gasteiger partial charge is 0.472 e. The predicted octanol–water partition coefficient (Wildman–Crippen LogP) is 22.0. The van der Waals surface area contributed by atoms with Crippen LogP contribution in [0.5, 0.6) is 0 Å². The van der Waals surface area contributed by atoms with Gasteiger partial charge in [0.1, 0.15) is 25.4 Å². The Morgan fingerprint density at radius 2 is 0.546 bits per heavy atom. The zero-order valence-corrected chi connectivity index (χ0v) is 62.8. The van der Waals surface area contributed by atoms with E-state index in [9.17, 15) is 43.5 Å². The summed E-state index contributed by atoms with van der Waals surface area (Å²) in [5.41, 5.74) is 0. The van der Waals surface area contributed by atoms with E-state index in [1.54, 1.807) is 0 Å². The van der Waals surface area contributed by atoms with Gasteiger partial charge in [0.2, 0.25) is 0 Å². The summed E-state index contributed by atoms with van der Waals surface area (Å²) in [5, 5.41) is 20.6. The molecule has 5 unspecified atom stereocenters. The topological polar surface area (TPSA) is 231 Å². The maximum Gasteiger partial charge on any atom is 0.472 e. The standard InChI is InChI=1S/C79H138O16P2/c1-4-7-10-13-16-19-22-24-26-27-28-29-30-31-32-33-34-35-36-37-38-39-40-41-42-43-44-45-47-49-51-53-56-59-62-65-77(82)89-68-74(80)69-91-96(85,86)92-70-75(81)71-93-97(87,88)94-73-76(95-79(84)67-64-61-58-55-50-21-18-15-12-9-6-3)72-90-78(83)66-63-60-57-54-52-48-46-25-23-20-17-14-11-8-5-2/h7-8,10-11,15-20,24-26,28-29,31-32,46,74-76,80-81H,4-6,9,12-14,21-23,27,30,33-45,47-73H2,1-3H3,(H,85,86)(H,87,88)/b10-7-,11-8-,18-15-,19-16-,20-17-,26-24-,29-28-,32-31-,46-25-. The molecule has 0 aliphatic heterocycles. The molecule has 560 valence electrons. The second kappa shape index (κ2) is 72.0. The average Bonchev–Trinajstić information content (AvgIpc) is 2.25. The third-order valence-corrected chi connectivity index (χ3v) is 17.9. The number of aliphatic hydroxyl groups excluding tert-OH is 2. The first-order chi connectivity index (χ1) is 47.2. The summed E-state index contributed by atoms with van der Waals surface area (Å²) in [7, 11) is -9.78. The second-order valence-corrected chi connectivity index (χ2v) is 28.3. The van der Waals surface area contributed by atoms with Crippen molar-refractivity contribution in [2.24, 2.45) is 0 Å². The number of hydrogen-bond donors (Lipinski definition) is 4. The molecule has 18 heteroatoms. The molecule has 0 aromatic carbocycles. The number of phosphoric acid groups is 2. The first-order valence-electron chi connectivity index (χ1n) is 38.2. The fraction of sp³-hybridized carbons (Fsp3) is 0.734. The predicted molar refractivity (Wildman–Crippen MR) is 399 cm³/mol. The number of phosphoric ester groups is 2.